The summed E-state index contributed by atoms with van der Waals surface area (Å²) in [5.74, 6) is 1.35. The summed E-state index contributed by atoms with van der Waals surface area (Å²) in [6, 6.07) is 17.7. The van der Waals surface area contributed by atoms with Gasteiger partial charge < -0.3 is 9.47 Å². The van der Waals surface area contributed by atoms with Gasteiger partial charge in [-0.25, -0.2) is 0 Å². The van der Waals surface area contributed by atoms with Crippen molar-refractivity contribution in [3.63, 3.8) is 0 Å². The van der Waals surface area contributed by atoms with Crippen molar-refractivity contribution in [3.8, 4) is 0 Å². The van der Waals surface area contributed by atoms with Crippen molar-refractivity contribution in [3.05, 3.63) is 70.8 Å². The lowest BCUT2D eigenvalue weighted by molar-refractivity contribution is -0.181. The highest BCUT2D eigenvalue weighted by atomic mass is 16.7. The van der Waals surface area contributed by atoms with Crippen LogP contribution in [0.25, 0.3) is 0 Å². The number of fused-ring (bicyclic) bond motifs is 5. The van der Waals surface area contributed by atoms with Gasteiger partial charge in [0.1, 0.15) is 6.10 Å². The lowest BCUT2D eigenvalue weighted by Gasteiger charge is -2.29. The largest absolute Gasteiger partial charge is 0.353 e. The molecule has 2 nitrogen and oxygen atoms in total. The first kappa shape index (κ1) is 13.8. The van der Waals surface area contributed by atoms with E-state index in [9.17, 15) is 0 Å². The van der Waals surface area contributed by atoms with Gasteiger partial charge in [0.05, 0.1) is 0 Å². The van der Waals surface area contributed by atoms with Gasteiger partial charge in [0.15, 0.2) is 6.29 Å². The molecule has 2 heteroatoms. The molecule has 2 aromatic carbocycles. The molecule has 2 aliphatic carbocycles. The van der Waals surface area contributed by atoms with E-state index >= 15 is 0 Å². The highest BCUT2D eigenvalue weighted by Crippen LogP contribution is 2.60. The highest BCUT2D eigenvalue weighted by molar-refractivity contribution is 5.51. The summed E-state index contributed by atoms with van der Waals surface area (Å²) in [7, 11) is 0. The Morgan fingerprint density at radius 1 is 0.783 bits per heavy atom. The van der Waals surface area contributed by atoms with Crippen molar-refractivity contribution in [1.82, 2.24) is 0 Å². The molecule has 0 aromatic heterocycles. The Hall–Kier alpha value is -1.64. The number of rotatable bonds is 2. The molecule has 5 rings (SSSR count). The van der Waals surface area contributed by atoms with Crippen molar-refractivity contribution < 1.29 is 9.47 Å². The van der Waals surface area contributed by atoms with E-state index in [1.807, 2.05) is 0 Å². The van der Waals surface area contributed by atoms with Gasteiger partial charge in [-0.1, -0.05) is 48.5 Å². The van der Waals surface area contributed by atoms with Crippen LogP contribution < -0.4 is 0 Å². The number of hydrogen-bond donors (Lipinski definition) is 0. The average Bonchev–Trinajstić information content (AvgIpc) is 3.41. The zero-order valence-corrected chi connectivity index (χ0v) is 13.3. The van der Waals surface area contributed by atoms with E-state index in [0.29, 0.717) is 11.8 Å². The molecule has 0 bridgehead atoms. The van der Waals surface area contributed by atoms with Crippen LogP contribution in [0.15, 0.2) is 48.5 Å². The topological polar surface area (TPSA) is 18.5 Å². The molecule has 1 aliphatic heterocycles. The summed E-state index contributed by atoms with van der Waals surface area (Å²) < 4.78 is 12.4. The molecular formula is C21H22O2. The molecular weight excluding hydrogens is 284 g/mol. The van der Waals surface area contributed by atoms with Gasteiger partial charge in [0.25, 0.3) is 0 Å². The molecule has 23 heavy (non-hydrogen) atoms. The first-order valence-corrected chi connectivity index (χ1v) is 8.86. The normalized spacial score (nSPS) is 31.5. The minimum Gasteiger partial charge on any atom is -0.353 e. The second-order valence-corrected chi connectivity index (χ2v) is 7.02. The summed E-state index contributed by atoms with van der Waals surface area (Å²) in [6.45, 7) is 0.825. The summed E-state index contributed by atoms with van der Waals surface area (Å²) in [5.41, 5.74) is 5.65. The third-order valence-corrected chi connectivity index (χ3v) is 5.57. The molecule has 2 fully saturated rings. The van der Waals surface area contributed by atoms with E-state index < -0.39 is 0 Å². The van der Waals surface area contributed by atoms with Crippen LogP contribution in [0.3, 0.4) is 0 Å². The second-order valence-electron chi connectivity index (χ2n) is 7.02. The molecule has 0 N–H and O–H groups in total. The van der Waals surface area contributed by atoms with Crippen molar-refractivity contribution in [2.24, 2.45) is 0 Å². The van der Waals surface area contributed by atoms with Crippen LogP contribution in [-0.4, -0.2) is 12.9 Å². The maximum atomic E-state index is 6.51. The second kappa shape index (κ2) is 5.47. The Morgan fingerprint density at radius 3 is 1.96 bits per heavy atom. The molecule has 0 spiro atoms. The first-order valence-electron chi connectivity index (χ1n) is 8.86. The van der Waals surface area contributed by atoms with Gasteiger partial charge >= 0.3 is 0 Å². The Morgan fingerprint density at radius 2 is 1.39 bits per heavy atom. The number of hydrogen-bond acceptors (Lipinski definition) is 2. The fourth-order valence-corrected chi connectivity index (χ4v) is 4.34. The van der Waals surface area contributed by atoms with Crippen LogP contribution in [-0.2, 0) is 9.47 Å². The zero-order valence-electron chi connectivity index (χ0n) is 13.3. The highest BCUT2D eigenvalue weighted by Gasteiger charge is 2.46. The molecule has 2 aromatic rings. The Kier molecular flexibility index (Phi) is 3.27. The van der Waals surface area contributed by atoms with Crippen LogP contribution in [0.4, 0.5) is 0 Å². The summed E-state index contributed by atoms with van der Waals surface area (Å²) in [6.07, 6.45) is 4.59. The van der Waals surface area contributed by atoms with Gasteiger partial charge in [-0.05, 0) is 59.8 Å². The lowest BCUT2D eigenvalue weighted by Crippen LogP contribution is -2.25. The van der Waals surface area contributed by atoms with E-state index in [0.717, 1.165) is 19.4 Å². The fourth-order valence-electron chi connectivity index (χ4n) is 4.34. The van der Waals surface area contributed by atoms with E-state index in [1.165, 1.54) is 35.1 Å². The summed E-state index contributed by atoms with van der Waals surface area (Å²) in [5, 5.41) is 0. The smallest absolute Gasteiger partial charge is 0.158 e. The minimum atomic E-state index is -0.0655. The molecule has 1 saturated carbocycles. The maximum Gasteiger partial charge on any atom is 0.158 e. The molecule has 3 aliphatic rings. The molecule has 1 heterocycles. The predicted molar refractivity (Wildman–Crippen MR) is 89.5 cm³/mol. The van der Waals surface area contributed by atoms with Gasteiger partial charge in [0, 0.05) is 6.61 Å². The van der Waals surface area contributed by atoms with Crippen molar-refractivity contribution in [2.75, 3.05) is 6.61 Å². The van der Waals surface area contributed by atoms with E-state index in [-0.39, 0.29) is 12.4 Å². The quantitative estimate of drug-likeness (QED) is 0.785. The monoisotopic (exact) mass is 306 g/mol. The Bertz CT molecular complexity index is 666. The molecule has 118 valence electrons. The van der Waals surface area contributed by atoms with E-state index in [1.54, 1.807) is 0 Å². The third kappa shape index (κ3) is 2.32. The van der Waals surface area contributed by atoms with E-state index in [2.05, 4.69) is 48.5 Å². The fraction of sp³-hybridized carbons (Fsp3) is 0.429. The Labute approximate surface area is 137 Å². The van der Waals surface area contributed by atoms with Crippen LogP contribution in [0.1, 0.15) is 65.9 Å². The van der Waals surface area contributed by atoms with Crippen molar-refractivity contribution in [2.45, 2.75) is 49.9 Å². The molecule has 4 atom stereocenters. The number of ether oxygens (including phenoxy) is 2. The lowest BCUT2D eigenvalue weighted by atomic mass is 9.94. The third-order valence-electron chi connectivity index (χ3n) is 5.57. The van der Waals surface area contributed by atoms with Gasteiger partial charge in [-0.3, -0.25) is 0 Å². The molecule has 0 amide bonds. The molecule has 1 unspecified atom stereocenters. The molecule has 1 saturated heterocycles. The van der Waals surface area contributed by atoms with Crippen molar-refractivity contribution >= 4 is 0 Å². The van der Waals surface area contributed by atoms with Crippen molar-refractivity contribution in [1.29, 1.82) is 0 Å². The zero-order chi connectivity index (χ0) is 15.2. The van der Waals surface area contributed by atoms with E-state index in [4.69, 9.17) is 9.47 Å². The van der Waals surface area contributed by atoms with Gasteiger partial charge in [0.2, 0.25) is 0 Å². The standard InChI is InChI=1S/C21H22O2/c1-3-9-16-14(7-1)18-13-19(18)15-8-2-4-10-17(15)21(16)23-20-11-5-6-12-22-20/h1-4,7-10,18-21H,5-6,11-13H2/t18-,19+,20-,21?/m0/s1. The SMILES string of the molecule is c1ccc2c(c1)C(O[C@H]1CCCCO1)c1ccccc1[C@@H]1C[C@H]21. The number of benzene rings is 2. The van der Waals surface area contributed by atoms with Crippen LogP contribution >= 0.6 is 0 Å². The van der Waals surface area contributed by atoms with Crippen LogP contribution in [0.2, 0.25) is 0 Å². The average molecular weight is 306 g/mol. The first-order chi connectivity index (χ1) is 11.4. The van der Waals surface area contributed by atoms with Gasteiger partial charge in [-0.2, -0.15) is 0 Å². The minimum absolute atomic E-state index is 0.0123. The Balaban J connectivity index is 1.59. The predicted octanol–water partition coefficient (Wildman–Crippen LogP) is 4.90. The van der Waals surface area contributed by atoms with Gasteiger partial charge in [-0.15, -0.1) is 0 Å². The maximum absolute atomic E-state index is 6.51. The summed E-state index contributed by atoms with van der Waals surface area (Å²) >= 11 is 0. The summed E-state index contributed by atoms with van der Waals surface area (Å²) in [4.78, 5) is 0. The molecule has 0 radical (unpaired) electrons. The van der Waals surface area contributed by atoms with Crippen LogP contribution in [0.5, 0.6) is 0 Å². The van der Waals surface area contributed by atoms with Crippen LogP contribution in [0, 0.1) is 0 Å².